The highest BCUT2D eigenvalue weighted by Crippen LogP contribution is 2.31. The second-order valence-electron chi connectivity index (χ2n) is 5.17. The quantitative estimate of drug-likeness (QED) is 0.917. The third-order valence-electron chi connectivity index (χ3n) is 3.61. The molecule has 1 fully saturated rings. The van der Waals surface area contributed by atoms with E-state index in [0.717, 1.165) is 12.8 Å². The minimum Gasteiger partial charge on any atom is -0.372 e. The summed E-state index contributed by atoms with van der Waals surface area (Å²) in [6.07, 6.45) is 3.46. The molecule has 1 aliphatic rings. The summed E-state index contributed by atoms with van der Waals surface area (Å²) in [6, 6.07) is 3.37. The molecule has 1 atom stereocenters. The van der Waals surface area contributed by atoms with Gasteiger partial charge in [-0.2, -0.15) is 4.31 Å². The van der Waals surface area contributed by atoms with E-state index >= 15 is 0 Å². The predicted octanol–water partition coefficient (Wildman–Crippen LogP) is 1.93. The first-order valence-electron chi connectivity index (χ1n) is 6.63. The van der Waals surface area contributed by atoms with Gasteiger partial charge in [0.15, 0.2) is 0 Å². The Kier molecular flexibility index (Phi) is 4.10. The molecule has 2 rings (SSSR count). The van der Waals surface area contributed by atoms with Crippen molar-refractivity contribution in [2.75, 3.05) is 18.9 Å². The summed E-state index contributed by atoms with van der Waals surface area (Å²) in [4.78, 5) is 4.36. The van der Waals surface area contributed by atoms with E-state index < -0.39 is 10.0 Å². The van der Waals surface area contributed by atoms with E-state index in [1.165, 1.54) is 0 Å². The van der Waals surface area contributed by atoms with Gasteiger partial charge in [0.25, 0.3) is 0 Å². The van der Waals surface area contributed by atoms with Crippen molar-refractivity contribution < 1.29 is 8.42 Å². The van der Waals surface area contributed by atoms with Crippen molar-refractivity contribution >= 4 is 15.8 Å². The highest BCUT2D eigenvalue weighted by molar-refractivity contribution is 7.89. The van der Waals surface area contributed by atoms with E-state index in [0.29, 0.717) is 18.3 Å². The lowest BCUT2D eigenvalue weighted by molar-refractivity contribution is 0.316. The van der Waals surface area contributed by atoms with Crippen LogP contribution in [0.3, 0.4) is 0 Å². The Labute approximate surface area is 115 Å². The molecule has 2 heterocycles. The van der Waals surface area contributed by atoms with Crippen LogP contribution in [0, 0.1) is 5.92 Å². The average Bonchev–Trinajstić information content (AvgIpc) is 2.88. The van der Waals surface area contributed by atoms with Gasteiger partial charge in [-0.3, -0.25) is 0 Å². The van der Waals surface area contributed by atoms with Crippen LogP contribution in [-0.4, -0.2) is 37.3 Å². The maximum absolute atomic E-state index is 12.8. The number of nitrogens with zero attached hydrogens (tertiary/aromatic N) is 2. The molecule has 1 saturated heterocycles. The van der Waals surface area contributed by atoms with Gasteiger partial charge in [0.1, 0.15) is 10.7 Å². The maximum atomic E-state index is 12.8. The Morgan fingerprint density at radius 1 is 1.47 bits per heavy atom. The zero-order valence-corrected chi connectivity index (χ0v) is 12.4. The van der Waals surface area contributed by atoms with E-state index in [9.17, 15) is 8.42 Å². The molecule has 106 valence electrons. The third kappa shape index (κ3) is 2.60. The van der Waals surface area contributed by atoms with E-state index in [-0.39, 0.29) is 10.9 Å². The summed E-state index contributed by atoms with van der Waals surface area (Å²) in [5.74, 6) is 0.740. The molecule has 0 saturated carbocycles. The van der Waals surface area contributed by atoms with Gasteiger partial charge in [0, 0.05) is 25.8 Å². The van der Waals surface area contributed by atoms with Crippen LogP contribution >= 0.6 is 0 Å². The Hall–Kier alpha value is -1.14. The standard InChI is InChI=1S/C13H21N3O2S/c1-10(2)11-6-5-9-16(11)19(17,18)12-7-4-8-15-13(12)14-3/h4,7-8,10-11H,5-6,9H2,1-3H3,(H,14,15). The number of nitrogens with one attached hydrogen (secondary N) is 1. The van der Waals surface area contributed by atoms with Gasteiger partial charge >= 0.3 is 0 Å². The normalized spacial score (nSPS) is 20.9. The lowest BCUT2D eigenvalue weighted by atomic mass is 10.0. The number of hydrogen-bond acceptors (Lipinski definition) is 4. The Balaban J connectivity index is 2.42. The fraction of sp³-hybridized carbons (Fsp3) is 0.615. The first-order valence-corrected chi connectivity index (χ1v) is 8.07. The Morgan fingerprint density at radius 3 is 2.84 bits per heavy atom. The molecule has 1 N–H and O–H groups in total. The molecule has 0 amide bonds. The summed E-state index contributed by atoms with van der Waals surface area (Å²) in [5, 5.41) is 2.85. The highest BCUT2D eigenvalue weighted by Gasteiger charge is 2.37. The van der Waals surface area contributed by atoms with Crippen LogP contribution in [0.4, 0.5) is 5.82 Å². The van der Waals surface area contributed by atoms with Crippen molar-refractivity contribution in [3.05, 3.63) is 18.3 Å². The summed E-state index contributed by atoms with van der Waals surface area (Å²) in [6.45, 7) is 4.74. The summed E-state index contributed by atoms with van der Waals surface area (Å²) < 4.78 is 27.2. The van der Waals surface area contributed by atoms with Gasteiger partial charge in [-0.05, 0) is 30.9 Å². The van der Waals surface area contributed by atoms with Crippen molar-refractivity contribution in [2.24, 2.45) is 5.92 Å². The van der Waals surface area contributed by atoms with Gasteiger partial charge in [-0.25, -0.2) is 13.4 Å². The van der Waals surface area contributed by atoms with Gasteiger partial charge in [-0.1, -0.05) is 13.8 Å². The van der Waals surface area contributed by atoms with Gasteiger partial charge in [0.2, 0.25) is 10.0 Å². The van der Waals surface area contributed by atoms with Crippen LogP contribution in [0.1, 0.15) is 26.7 Å². The number of pyridine rings is 1. The number of sulfonamides is 1. The summed E-state index contributed by atoms with van der Waals surface area (Å²) in [7, 11) is -1.78. The van der Waals surface area contributed by atoms with Crippen molar-refractivity contribution in [2.45, 2.75) is 37.6 Å². The number of rotatable bonds is 4. The largest absolute Gasteiger partial charge is 0.372 e. The molecule has 19 heavy (non-hydrogen) atoms. The second-order valence-corrected chi connectivity index (χ2v) is 7.03. The molecule has 0 aromatic carbocycles. The number of aromatic nitrogens is 1. The molecule has 5 nitrogen and oxygen atoms in total. The van der Waals surface area contributed by atoms with Crippen molar-refractivity contribution in [1.82, 2.24) is 9.29 Å². The SMILES string of the molecule is CNc1ncccc1S(=O)(=O)N1CCCC1C(C)C. The third-order valence-corrected chi connectivity index (χ3v) is 5.57. The smallest absolute Gasteiger partial charge is 0.247 e. The maximum Gasteiger partial charge on any atom is 0.247 e. The fourth-order valence-corrected chi connectivity index (χ4v) is 4.62. The summed E-state index contributed by atoms with van der Waals surface area (Å²) >= 11 is 0. The van der Waals surface area contributed by atoms with Crippen LogP contribution in [0.5, 0.6) is 0 Å². The lowest BCUT2D eigenvalue weighted by Crippen LogP contribution is -2.38. The molecule has 1 aromatic rings. The van der Waals surface area contributed by atoms with E-state index in [1.54, 1.807) is 29.7 Å². The molecule has 1 unspecified atom stereocenters. The monoisotopic (exact) mass is 283 g/mol. The van der Waals surface area contributed by atoms with Crippen LogP contribution < -0.4 is 5.32 Å². The molecule has 0 radical (unpaired) electrons. The lowest BCUT2D eigenvalue weighted by Gasteiger charge is -2.27. The van der Waals surface area contributed by atoms with Crippen LogP contribution in [-0.2, 0) is 10.0 Å². The molecule has 1 aliphatic heterocycles. The predicted molar refractivity (Wildman–Crippen MR) is 75.5 cm³/mol. The zero-order chi connectivity index (χ0) is 14.0. The van der Waals surface area contributed by atoms with E-state index in [1.807, 2.05) is 0 Å². The van der Waals surface area contributed by atoms with Crippen molar-refractivity contribution in [3.63, 3.8) is 0 Å². The molecule has 1 aromatic heterocycles. The molecule has 6 heteroatoms. The summed E-state index contributed by atoms with van der Waals surface area (Å²) in [5.41, 5.74) is 0. The zero-order valence-electron chi connectivity index (χ0n) is 11.6. The van der Waals surface area contributed by atoms with E-state index in [2.05, 4.69) is 24.1 Å². The fourth-order valence-electron chi connectivity index (χ4n) is 2.64. The molecule has 0 spiro atoms. The van der Waals surface area contributed by atoms with Gasteiger partial charge in [0.05, 0.1) is 0 Å². The van der Waals surface area contributed by atoms with Gasteiger partial charge in [-0.15, -0.1) is 0 Å². The number of hydrogen-bond donors (Lipinski definition) is 1. The minimum atomic E-state index is -3.47. The average molecular weight is 283 g/mol. The minimum absolute atomic E-state index is 0.0925. The Morgan fingerprint density at radius 2 is 2.21 bits per heavy atom. The van der Waals surface area contributed by atoms with Crippen LogP contribution in [0.15, 0.2) is 23.2 Å². The van der Waals surface area contributed by atoms with E-state index in [4.69, 9.17) is 0 Å². The Bertz CT molecular complexity index is 543. The number of anilines is 1. The molecular formula is C13H21N3O2S. The highest BCUT2D eigenvalue weighted by atomic mass is 32.2. The topological polar surface area (TPSA) is 62.3 Å². The second kappa shape index (κ2) is 5.46. The van der Waals surface area contributed by atoms with Crippen molar-refractivity contribution in [3.8, 4) is 0 Å². The first-order chi connectivity index (χ1) is 8.98. The van der Waals surface area contributed by atoms with Crippen LogP contribution in [0.2, 0.25) is 0 Å². The van der Waals surface area contributed by atoms with Crippen molar-refractivity contribution in [1.29, 1.82) is 0 Å². The van der Waals surface area contributed by atoms with Crippen LogP contribution in [0.25, 0.3) is 0 Å². The molecule has 0 bridgehead atoms. The first kappa shape index (κ1) is 14.3. The molecular weight excluding hydrogens is 262 g/mol. The van der Waals surface area contributed by atoms with Gasteiger partial charge < -0.3 is 5.32 Å². The molecule has 0 aliphatic carbocycles.